The van der Waals surface area contributed by atoms with Gasteiger partial charge in [-0.25, -0.2) is 4.98 Å². The van der Waals surface area contributed by atoms with E-state index >= 15 is 0 Å². The Balaban J connectivity index is 1.91. The lowest BCUT2D eigenvalue weighted by atomic mass is 9.94. The molecule has 23 heavy (non-hydrogen) atoms. The number of nitrogens with zero attached hydrogens (tertiary/aromatic N) is 3. The molecular weight excluding hydrogens is 296 g/mol. The molecule has 1 aromatic heterocycles. The summed E-state index contributed by atoms with van der Waals surface area (Å²) in [5.74, 6) is 2.37. The number of nitrogens with one attached hydrogen (secondary N) is 1. The highest BCUT2D eigenvalue weighted by Crippen LogP contribution is 2.22. The van der Waals surface area contributed by atoms with Crippen LogP contribution in [0.5, 0.6) is 0 Å². The maximum absolute atomic E-state index is 5.80. The summed E-state index contributed by atoms with van der Waals surface area (Å²) in [4.78, 5) is 10.8. The number of morpholine rings is 1. The molecular formula is C16H28N4O3. The number of hydrogen-bond donors (Lipinski definition) is 1. The van der Waals surface area contributed by atoms with Crippen LogP contribution in [0.15, 0.2) is 15.6 Å². The Morgan fingerprint density at radius 2 is 2.30 bits per heavy atom. The minimum absolute atomic E-state index is 0.0372. The first-order valence-electron chi connectivity index (χ1n) is 7.95. The van der Waals surface area contributed by atoms with Crippen molar-refractivity contribution in [2.24, 2.45) is 4.99 Å². The third kappa shape index (κ3) is 4.94. The van der Waals surface area contributed by atoms with E-state index in [1.165, 1.54) is 0 Å². The van der Waals surface area contributed by atoms with Crippen molar-refractivity contribution in [1.29, 1.82) is 0 Å². The fourth-order valence-electron chi connectivity index (χ4n) is 2.42. The van der Waals surface area contributed by atoms with Crippen LogP contribution >= 0.6 is 0 Å². The molecule has 1 unspecified atom stereocenters. The molecule has 1 atom stereocenters. The zero-order valence-electron chi connectivity index (χ0n) is 14.8. The molecule has 1 aromatic rings. The average molecular weight is 324 g/mol. The Labute approximate surface area is 138 Å². The van der Waals surface area contributed by atoms with Gasteiger partial charge in [0.05, 0.1) is 32.1 Å². The van der Waals surface area contributed by atoms with Gasteiger partial charge in [-0.05, 0) is 0 Å². The zero-order chi connectivity index (χ0) is 16.9. The van der Waals surface area contributed by atoms with Crippen molar-refractivity contribution >= 4 is 5.96 Å². The smallest absolute Gasteiger partial charge is 0.213 e. The highest BCUT2D eigenvalue weighted by atomic mass is 16.5. The normalized spacial score (nSPS) is 20.0. The number of aliphatic imine (C=N–C) groups is 1. The van der Waals surface area contributed by atoms with Crippen LogP contribution in [0.25, 0.3) is 0 Å². The second-order valence-electron chi connectivity index (χ2n) is 6.66. The molecule has 0 aliphatic carbocycles. The molecule has 0 aromatic carbocycles. The lowest BCUT2D eigenvalue weighted by Crippen LogP contribution is -2.51. The summed E-state index contributed by atoms with van der Waals surface area (Å²) in [5, 5.41) is 3.31. The number of rotatable bonds is 4. The van der Waals surface area contributed by atoms with Gasteiger partial charge in [0, 0.05) is 32.7 Å². The quantitative estimate of drug-likeness (QED) is 0.667. The van der Waals surface area contributed by atoms with Crippen LogP contribution in [0.1, 0.15) is 32.4 Å². The molecule has 2 rings (SSSR count). The fourth-order valence-corrected chi connectivity index (χ4v) is 2.42. The van der Waals surface area contributed by atoms with E-state index in [0.29, 0.717) is 25.6 Å². The summed E-state index contributed by atoms with van der Waals surface area (Å²) < 4.78 is 16.6. The predicted octanol–water partition coefficient (Wildman–Crippen LogP) is 1.39. The summed E-state index contributed by atoms with van der Waals surface area (Å²) in [6.07, 6.45) is 1.87. The highest BCUT2D eigenvalue weighted by molar-refractivity contribution is 5.79. The van der Waals surface area contributed by atoms with E-state index in [1.54, 1.807) is 20.4 Å². The van der Waals surface area contributed by atoms with E-state index in [9.17, 15) is 0 Å². The van der Waals surface area contributed by atoms with Gasteiger partial charge in [0.2, 0.25) is 5.89 Å². The molecule has 7 heteroatoms. The van der Waals surface area contributed by atoms with Gasteiger partial charge in [-0.1, -0.05) is 20.8 Å². The molecule has 7 nitrogen and oxygen atoms in total. The lowest BCUT2D eigenvalue weighted by molar-refractivity contribution is -0.0447. The van der Waals surface area contributed by atoms with Gasteiger partial charge in [-0.15, -0.1) is 0 Å². The standard InChI is InChI=1S/C16H28N4O3/c1-16(2,3)13-8-18-14(23-13)9-19-15(17-4)20-6-7-22-12(10-20)11-21-5/h8,12H,6-7,9-11H2,1-5H3,(H,17,19). The first-order valence-corrected chi connectivity index (χ1v) is 7.95. The summed E-state index contributed by atoms with van der Waals surface area (Å²) in [5.41, 5.74) is -0.0372. The molecule has 2 heterocycles. The fraction of sp³-hybridized carbons (Fsp3) is 0.750. The largest absolute Gasteiger partial charge is 0.443 e. The number of hydrogen-bond acceptors (Lipinski definition) is 5. The Bertz CT molecular complexity index is 520. The van der Waals surface area contributed by atoms with E-state index in [1.807, 2.05) is 0 Å². The van der Waals surface area contributed by atoms with Crippen LogP contribution in [0.2, 0.25) is 0 Å². The highest BCUT2D eigenvalue weighted by Gasteiger charge is 2.23. The molecule has 0 amide bonds. The monoisotopic (exact) mass is 324 g/mol. The average Bonchev–Trinajstić information content (AvgIpc) is 2.98. The van der Waals surface area contributed by atoms with E-state index in [2.05, 4.69) is 41.0 Å². The van der Waals surface area contributed by atoms with Crippen molar-refractivity contribution in [2.45, 2.75) is 38.8 Å². The van der Waals surface area contributed by atoms with Crippen LogP contribution in [-0.4, -0.2) is 62.4 Å². The van der Waals surface area contributed by atoms with Gasteiger partial charge in [0.1, 0.15) is 5.76 Å². The summed E-state index contributed by atoms with van der Waals surface area (Å²) in [7, 11) is 3.46. The molecule has 0 bridgehead atoms. The van der Waals surface area contributed by atoms with E-state index in [4.69, 9.17) is 13.9 Å². The number of oxazole rings is 1. The second kappa shape index (κ2) is 7.79. The number of aromatic nitrogens is 1. The van der Waals surface area contributed by atoms with E-state index < -0.39 is 0 Å². The summed E-state index contributed by atoms with van der Waals surface area (Å²) >= 11 is 0. The third-order valence-corrected chi connectivity index (χ3v) is 3.69. The van der Waals surface area contributed by atoms with E-state index in [0.717, 1.165) is 24.8 Å². The molecule has 130 valence electrons. The van der Waals surface area contributed by atoms with Crippen molar-refractivity contribution in [3.8, 4) is 0 Å². The molecule has 0 spiro atoms. The Hall–Kier alpha value is -1.60. The van der Waals surface area contributed by atoms with Gasteiger partial charge in [0.25, 0.3) is 0 Å². The third-order valence-electron chi connectivity index (χ3n) is 3.69. The van der Waals surface area contributed by atoms with E-state index in [-0.39, 0.29) is 11.5 Å². The van der Waals surface area contributed by atoms with Gasteiger partial charge in [-0.3, -0.25) is 4.99 Å². The van der Waals surface area contributed by atoms with Crippen molar-refractivity contribution in [3.63, 3.8) is 0 Å². The lowest BCUT2D eigenvalue weighted by Gasteiger charge is -2.34. The topological polar surface area (TPSA) is 72.1 Å². The molecule has 1 aliphatic rings. The molecule has 0 radical (unpaired) electrons. The second-order valence-corrected chi connectivity index (χ2v) is 6.66. The first kappa shape index (κ1) is 17.7. The SMILES string of the molecule is CN=C(NCc1ncc(C(C)(C)C)o1)N1CCOC(COC)C1. The Morgan fingerprint density at radius 3 is 2.91 bits per heavy atom. The minimum atomic E-state index is -0.0372. The van der Waals surface area contributed by atoms with Crippen LogP contribution in [-0.2, 0) is 21.4 Å². The number of guanidine groups is 1. The summed E-state index contributed by atoms with van der Waals surface area (Å²) in [6.45, 7) is 9.64. The molecule has 1 fully saturated rings. The molecule has 1 saturated heterocycles. The molecule has 1 aliphatic heterocycles. The van der Waals surface area contributed by atoms with Crippen molar-refractivity contribution in [3.05, 3.63) is 17.8 Å². The van der Waals surface area contributed by atoms with Gasteiger partial charge >= 0.3 is 0 Å². The maximum atomic E-state index is 5.80. The first-order chi connectivity index (χ1) is 10.9. The number of methoxy groups -OCH3 is 1. The Kier molecular flexibility index (Phi) is 6.01. The predicted molar refractivity (Wildman–Crippen MR) is 88.6 cm³/mol. The zero-order valence-corrected chi connectivity index (χ0v) is 14.8. The van der Waals surface area contributed by atoms with Crippen molar-refractivity contribution < 1.29 is 13.9 Å². The minimum Gasteiger partial charge on any atom is -0.443 e. The van der Waals surface area contributed by atoms with Crippen LogP contribution in [0, 0.1) is 0 Å². The van der Waals surface area contributed by atoms with Crippen LogP contribution in [0.3, 0.4) is 0 Å². The number of ether oxygens (including phenoxy) is 2. The molecule has 1 N–H and O–H groups in total. The maximum Gasteiger partial charge on any atom is 0.213 e. The van der Waals surface area contributed by atoms with Crippen molar-refractivity contribution in [2.75, 3.05) is 40.5 Å². The molecule has 0 saturated carbocycles. The van der Waals surface area contributed by atoms with Gasteiger partial charge < -0.3 is 24.1 Å². The van der Waals surface area contributed by atoms with Crippen molar-refractivity contribution in [1.82, 2.24) is 15.2 Å². The van der Waals surface area contributed by atoms with Crippen LogP contribution < -0.4 is 5.32 Å². The Morgan fingerprint density at radius 1 is 1.52 bits per heavy atom. The van der Waals surface area contributed by atoms with Gasteiger partial charge in [-0.2, -0.15) is 0 Å². The summed E-state index contributed by atoms with van der Waals surface area (Å²) in [6, 6.07) is 0. The van der Waals surface area contributed by atoms with Crippen LogP contribution in [0.4, 0.5) is 0 Å². The van der Waals surface area contributed by atoms with Gasteiger partial charge in [0.15, 0.2) is 5.96 Å².